The third-order valence-corrected chi connectivity index (χ3v) is 3.30. The van der Waals surface area contributed by atoms with Gasteiger partial charge in [-0.1, -0.05) is 0 Å². The molecule has 1 rings (SSSR count). The highest BCUT2D eigenvalue weighted by Gasteiger charge is 2.24. The van der Waals surface area contributed by atoms with Crippen LogP contribution < -0.4 is 14.2 Å². The van der Waals surface area contributed by atoms with Gasteiger partial charge >= 0.3 is 5.97 Å². The Bertz CT molecular complexity index is 731. The molecule has 0 atom stereocenters. The third-order valence-electron chi connectivity index (χ3n) is 3.30. The topological polar surface area (TPSA) is 104 Å². The second-order valence-corrected chi connectivity index (χ2v) is 4.85. The molecular weight excluding hydrogens is 330 g/mol. The zero-order chi connectivity index (χ0) is 19.1. The summed E-state index contributed by atoms with van der Waals surface area (Å²) in [6, 6.07) is 1.39. The summed E-state index contributed by atoms with van der Waals surface area (Å²) in [7, 11) is 5.41. The van der Waals surface area contributed by atoms with Crippen LogP contribution in [0.15, 0.2) is 22.4 Å². The number of hydrogen-bond acceptors (Lipinski definition) is 8. The van der Waals surface area contributed by atoms with Crippen molar-refractivity contribution < 1.29 is 33.6 Å². The second kappa shape index (κ2) is 8.72. The summed E-state index contributed by atoms with van der Waals surface area (Å²) < 4.78 is 20.5. The van der Waals surface area contributed by atoms with Crippen LogP contribution in [0.1, 0.15) is 24.2 Å². The zero-order valence-corrected chi connectivity index (χ0v) is 15.0. The zero-order valence-electron chi connectivity index (χ0n) is 15.0. The van der Waals surface area contributed by atoms with E-state index in [1.54, 1.807) is 0 Å². The van der Waals surface area contributed by atoms with Crippen LogP contribution in [0.4, 0.5) is 5.69 Å². The normalized spacial score (nSPS) is 11.8. The first-order chi connectivity index (χ1) is 11.8. The number of carbonyl (C=O) groups is 2. The Labute approximate surface area is 145 Å². The van der Waals surface area contributed by atoms with E-state index in [4.69, 9.17) is 18.9 Å². The number of esters is 1. The van der Waals surface area contributed by atoms with Crippen LogP contribution in [-0.2, 0) is 9.53 Å². The van der Waals surface area contributed by atoms with Crippen LogP contribution in [-0.4, -0.2) is 51.5 Å². The standard InChI is InChI=1S/C17H21NO7/c1-9(19)12(10(2)20)8-18-14-11(17(21)25-6)7-13(22-3)15(23-4)16(14)24-5/h7-8,19H,1-6H3. The minimum Gasteiger partial charge on any atom is -0.512 e. The van der Waals surface area contributed by atoms with E-state index in [1.165, 1.54) is 48.4 Å². The van der Waals surface area contributed by atoms with Crippen LogP contribution >= 0.6 is 0 Å². The Morgan fingerprint density at radius 2 is 1.64 bits per heavy atom. The number of nitrogens with zero attached hydrogens (tertiary/aromatic N) is 1. The number of aliphatic imine (C=N–C) groups is 1. The predicted molar refractivity (Wildman–Crippen MR) is 91.6 cm³/mol. The lowest BCUT2D eigenvalue weighted by Gasteiger charge is -2.16. The summed E-state index contributed by atoms with van der Waals surface area (Å²) in [6.07, 6.45) is 1.15. The monoisotopic (exact) mass is 351 g/mol. The molecule has 136 valence electrons. The molecule has 1 aromatic rings. The molecule has 8 nitrogen and oxygen atoms in total. The Kier molecular flexibility index (Phi) is 6.98. The Hall–Kier alpha value is -3.03. The van der Waals surface area contributed by atoms with Crippen molar-refractivity contribution in [3.8, 4) is 17.2 Å². The fraction of sp³-hybridized carbons (Fsp3) is 0.353. The van der Waals surface area contributed by atoms with Gasteiger partial charge < -0.3 is 24.1 Å². The van der Waals surface area contributed by atoms with Gasteiger partial charge in [0.25, 0.3) is 0 Å². The lowest BCUT2D eigenvalue weighted by atomic mass is 10.1. The third kappa shape index (κ3) is 4.28. The number of Topliss-reactive ketones (excluding diaryl/α,β-unsaturated/α-hetero) is 1. The molecule has 1 N–H and O–H groups in total. The van der Waals surface area contributed by atoms with Crippen LogP contribution in [0.2, 0.25) is 0 Å². The highest BCUT2D eigenvalue weighted by Crippen LogP contribution is 2.46. The summed E-state index contributed by atoms with van der Waals surface area (Å²) >= 11 is 0. The summed E-state index contributed by atoms with van der Waals surface area (Å²) in [4.78, 5) is 27.8. The Morgan fingerprint density at radius 1 is 1.04 bits per heavy atom. The number of ether oxygens (including phenoxy) is 4. The number of aliphatic hydroxyl groups excluding tert-OH is 1. The van der Waals surface area contributed by atoms with Gasteiger partial charge in [-0.05, 0) is 13.8 Å². The average Bonchev–Trinajstić information content (AvgIpc) is 2.59. The highest BCUT2D eigenvalue weighted by molar-refractivity contribution is 6.13. The largest absolute Gasteiger partial charge is 0.512 e. The maximum Gasteiger partial charge on any atom is 0.340 e. The molecule has 8 heteroatoms. The SMILES string of the molecule is COC(=O)c1cc(OC)c(OC)c(OC)c1N=CC(C(C)=O)=C(C)O. The number of ketones is 1. The van der Waals surface area contributed by atoms with E-state index < -0.39 is 5.97 Å². The van der Waals surface area contributed by atoms with Crippen molar-refractivity contribution in [1.29, 1.82) is 0 Å². The molecule has 25 heavy (non-hydrogen) atoms. The predicted octanol–water partition coefficient (Wildman–Crippen LogP) is 2.62. The van der Waals surface area contributed by atoms with Crippen LogP contribution in [0.3, 0.4) is 0 Å². The van der Waals surface area contributed by atoms with Gasteiger partial charge in [-0.2, -0.15) is 0 Å². The van der Waals surface area contributed by atoms with E-state index in [0.717, 1.165) is 6.21 Å². The highest BCUT2D eigenvalue weighted by atomic mass is 16.5. The van der Waals surface area contributed by atoms with Crippen molar-refractivity contribution >= 4 is 23.7 Å². The molecule has 0 radical (unpaired) electrons. The molecule has 0 aliphatic carbocycles. The van der Waals surface area contributed by atoms with Crippen molar-refractivity contribution in [2.24, 2.45) is 4.99 Å². The van der Waals surface area contributed by atoms with Crippen LogP contribution in [0, 0.1) is 0 Å². The smallest absolute Gasteiger partial charge is 0.340 e. The Balaban J connectivity index is 3.73. The molecule has 0 aliphatic heterocycles. The number of aliphatic hydroxyl groups is 1. The van der Waals surface area contributed by atoms with E-state index >= 15 is 0 Å². The summed E-state index contributed by atoms with van der Waals surface area (Å²) in [5, 5.41) is 9.59. The molecule has 0 heterocycles. The van der Waals surface area contributed by atoms with Gasteiger partial charge in [0.15, 0.2) is 17.3 Å². The molecule has 0 unspecified atom stereocenters. The van der Waals surface area contributed by atoms with Gasteiger partial charge in [-0.15, -0.1) is 0 Å². The number of benzene rings is 1. The van der Waals surface area contributed by atoms with Gasteiger partial charge in [-0.25, -0.2) is 4.79 Å². The number of carbonyl (C=O) groups excluding carboxylic acids is 2. The molecule has 0 saturated carbocycles. The lowest BCUT2D eigenvalue weighted by Crippen LogP contribution is -2.06. The van der Waals surface area contributed by atoms with E-state index in [0.29, 0.717) is 0 Å². The first-order valence-electron chi connectivity index (χ1n) is 7.18. The molecule has 0 spiro atoms. The molecule has 0 aliphatic rings. The van der Waals surface area contributed by atoms with Gasteiger partial charge in [-0.3, -0.25) is 9.79 Å². The van der Waals surface area contributed by atoms with Gasteiger partial charge in [0.1, 0.15) is 11.4 Å². The molecule has 0 aromatic heterocycles. The number of hydrogen-bond donors (Lipinski definition) is 1. The average molecular weight is 351 g/mol. The van der Waals surface area contributed by atoms with E-state index in [2.05, 4.69) is 4.99 Å². The molecule has 0 bridgehead atoms. The number of rotatable bonds is 7. The molecule has 0 fully saturated rings. The van der Waals surface area contributed by atoms with Crippen molar-refractivity contribution in [2.75, 3.05) is 28.4 Å². The maximum atomic E-state index is 12.1. The molecule has 1 aromatic carbocycles. The quantitative estimate of drug-likeness (QED) is 0.348. The maximum absolute atomic E-state index is 12.1. The van der Waals surface area contributed by atoms with Gasteiger partial charge in [0.05, 0.1) is 39.6 Å². The fourth-order valence-electron chi connectivity index (χ4n) is 2.10. The molecule has 0 amide bonds. The van der Waals surface area contributed by atoms with Crippen molar-refractivity contribution in [3.63, 3.8) is 0 Å². The van der Waals surface area contributed by atoms with Crippen molar-refractivity contribution in [3.05, 3.63) is 23.0 Å². The van der Waals surface area contributed by atoms with E-state index in [-0.39, 0.29) is 45.6 Å². The molecular formula is C17H21NO7. The van der Waals surface area contributed by atoms with Gasteiger partial charge in [0.2, 0.25) is 5.75 Å². The van der Waals surface area contributed by atoms with E-state index in [9.17, 15) is 14.7 Å². The Morgan fingerprint density at radius 3 is 2.04 bits per heavy atom. The van der Waals surface area contributed by atoms with E-state index in [1.807, 2.05) is 0 Å². The summed E-state index contributed by atoms with van der Waals surface area (Å²) in [5.74, 6) is -0.672. The van der Waals surface area contributed by atoms with Crippen molar-refractivity contribution in [1.82, 2.24) is 0 Å². The minimum absolute atomic E-state index is 0.00680. The number of methoxy groups -OCH3 is 4. The lowest BCUT2D eigenvalue weighted by molar-refractivity contribution is -0.113. The number of allylic oxidation sites excluding steroid dienone is 2. The van der Waals surface area contributed by atoms with Crippen LogP contribution in [0.25, 0.3) is 0 Å². The molecule has 0 saturated heterocycles. The first-order valence-corrected chi connectivity index (χ1v) is 7.18. The fourth-order valence-corrected chi connectivity index (χ4v) is 2.10. The summed E-state index contributed by atoms with van der Waals surface area (Å²) in [6.45, 7) is 2.64. The van der Waals surface area contributed by atoms with Gasteiger partial charge in [0, 0.05) is 12.3 Å². The van der Waals surface area contributed by atoms with Crippen LogP contribution in [0.5, 0.6) is 17.2 Å². The summed E-state index contributed by atoms with van der Waals surface area (Å²) in [5.41, 5.74) is 0.117. The second-order valence-electron chi connectivity index (χ2n) is 4.85. The van der Waals surface area contributed by atoms with Crippen molar-refractivity contribution in [2.45, 2.75) is 13.8 Å². The first kappa shape index (κ1) is 20.0. The minimum atomic E-state index is -0.680.